The van der Waals surface area contributed by atoms with E-state index in [-0.39, 0.29) is 11.9 Å². The summed E-state index contributed by atoms with van der Waals surface area (Å²) in [5, 5.41) is 2.87. The average molecular weight is 447 g/mol. The zero-order valence-electron chi connectivity index (χ0n) is 17.4. The Morgan fingerprint density at radius 2 is 1.72 bits per heavy atom. The van der Waals surface area contributed by atoms with Gasteiger partial charge in [-0.25, -0.2) is 9.78 Å². The van der Waals surface area contributed by atoms with Crippen molar-refractivity contribution < 1.29 is 22.8 Å². The molecule has 0 bridgehead atoms. The Morgan fingerprint density at radius 3 is 2.28 bits per heavy atom. The number of pyridine rings is 1. The fourth-order valence-corrected chi connectivity index (χ4v) is 3.87. The summed E-state index contributed by atoms with van der Waals surface area (Å²) < 4.78 is 38.1. The van der Waals surface area contributed by atoms with Gasteiger partial charge in [0.15, 0.2) is 0 Å². The van der Waals surface area contributed by atoms with Crippen LogP contribution in [0.15, 0.2) is 42.6 Å². The van der Waals surface area contributed by atoms with Gasteiger partial charge in [-0.3, -0.25) is 4.79 Å². The first kappa shape index (κ1) is 21.9. The molecule has 4 rings (SSSR count). The summed E-state index contributed by atoms with van der Waals surface area (Å²) in [6.07, 6.45) is -2.07. The Morgan fingerprint density at radius 1 is 1.00 bits per heavy atom. The molecule has 0 saturated carbocycles. The summed E-state index contributed by atoms with van der Waals surface area (Å²) in [5.74, 6) is 0.637. The number of hydrogen-bond acceptors (Lipinski definition) is 4. The smallest absolute Gasteiger partial charge is 0.353 e. The lowest BCUT2D eigenvalue weighted by Gasteiger charge is -2.35. The molecule has 170 valence electrons. The van der Waals surface area contributed by atoms with Crippen LogP contribution in [0.25, 0.3) is 0 Å². The van der Waals surface area contributed by atoms with Crippen molar-refractivity contribution >= 4 is 23.4 Å². The van der Waals surface area contributed by atoms with Crippen molar-refractivity contribution in [1.29, 1.82) is 0 Å². The van der Waals surface area contributed by atoms with Crippen LogP contribution < -0.4 is 10.2 Å². The monoisotopic (exact) mass is 447 g/mol. The number of anilines is 2. The second kappa shape index (κ2) is 9.05. The summed E-state index contributed by atoms with van der Waals surface area (Å²) in [6, 6.07) is 9.57. The lowest BCUT2D eigenvalue weighted by molar-refractivity contribution is -0.137. The molecule has 2 aliphatic heterocycles. The number of carbonyl (C=O) groups is 2. The van der Waals surface area contributed by atoms with Crippen molar-refractivity contribution in [3.63, 3.8) is 0 Å². The summed E-state index contributed by atoms with van der Waals surface area (Å²) in [7, 11) is 0. The molecule has 1 aromatic heterocycles. The average Bonchev–Trinajstić information content (AvgIpc) is 3.19. The summed E-state index contributed by atoms with van der Waals surface area (Å²) in [4.78, 5) is 33.6. The van der Waals surface area contributed by atoms with Gasteiger partial charge in [0.25, 0.3) is 0 Å². The maximum Gasteiger partial charge on any atom is 0.417 e. The van der Waals surface area contributed by atoms with Gasteiger partial charge < -0.3 is 20.0 Å². The minimum absolute atomic E-state index is 0.174. The molecule has 3 heterocycles. The third-order valence-corrected chi connectivity index (χ3v) is 5.72. The highest BCUT2D eigenvalue weighted by atomic mass is 19.4. The fraction of sp³-hybridized carbons (Fsp3) is 0.409. The van der Waals surface area contributed by atoms with Gasteiger partial charge in [-0.15, -0.1) is 0 Å². The Bertz CT molecular complexity index is 955. The number of carbonyl (C=O) groups excluding carboxylic acids is 2. The van der Waals surface area contributed by atoms with Crippen molar-refractivity contribution in [2.45, 2.75) is 25.6 Å². The van der Waals surface area contributed by atoms with Crippen molar-refractivity contribution in [2.24, 2.45) is 0 Å². The molecule has 0 radical (unpaired) electrons. The van der Waals surface area contributed by atoms with E-state index in [1.165, 1.54) is 6.07 Å². The van der Waals surface area contributed by atoms with E-state index < -0.39 is 11.7 Å². The standard InChI is InChI=1S/C22H24F3N5O2/c23-22(24,25)17-5-8-19(26-14-17)28-10-12-29(13-11-28)21(32)27-18-6-3-16(4-7-18)15-30-9-1-2-20(30)31/h3-8,14H,1-2,9-13,15H2,(H,27,32). The van der Waals surface area contributed by atoms with Gasteiger partial charge in [0.1, 0.15) is 5.82 Å². The van der Waals surface area contributed by atoms with Crippen molar-refractivity contribution in [1.82, 2.24) is 14.8 Å². The van der Waals surface area contributed by atoms with Crippen molar-refractivity contribution in [3.8, 4) is 0 Å². The number of urea groups is 1. The largest absolute Gasteiger partial charge is 0.417 e. The summed E-state index contributed by atoms with van der Waals surface area (Å²) in [6.45, 7) is 3.19. The molecule has 0 unspecified atom stereocenters. The van der Waals surface area contributed by atoms with E-state index in [0.29, 0.717) is 50.6 Å². The second-order valence-electron chi connectivity index (χ2n) is 7.92. The Labute approximate surface area is 183 Å². The van der Waals surface area contributed by atoms with Crippen LogP contribution in [0.2, 0.25) is 0 Å². The van der Waals surface area contributed by atoms with Gasteiger partial charge in [-0.1, -0.05) is 12.1 Å². The number of nitrogens with one attached hydrogen (secondary N) is 1. The number of benzene rings is 1. The molecule has 2 aliphatic rings. The maximum atomic E-state index is 12.7. The van der Waals surface area contributed by atoms with E-state index in [1.807, 2.05) is 34.1 Å². The van der Waals surface area contributed by atoms with Gasteiger partial charge in [0, 0.05) is 57.6 Å². The highest BCUT2D eigenvalue weighted by molar-refractivity contribution is 5.89. The topological polar surface area (TPSA) is 68.8 Å². The van der Waals surface area contributed by atoms with Crippen LogP contribution in [0.3, 0.4) is 0 Å². The Balaban J connectivity index is 1.27. The third kappa shape index (κ3) is 5.12. The van der Waals surface area contributed by atoms with Crippen LogP contribution >= 0.6 is 0 Å². The van der Waals surface area contributed by atoms with Crippen LogP contribution in [0.5, 0.6) is 0 Å². The SMILES string of the molecule is O=C1CCCN1Cc1ccc(NC(=O)N2CCN(c3ccc(C(F)(F)F)cn3)CC2)cc1. The van der Waals surface area contributed by atoms with Gasteiger partial charge in [0.05, 0.1) is 5.56 Å². The summed E-state index contributed by atoms with van der Waals surface area (Å²) >= 11 is 0. The van der Waals surface area contributed by atoms with E-state index in [1.54, 1.807) is 4.90 Å². The Kier molecular flexibility index (Phi) is 6.20. The number of rotatable bonds is 4. The number of hydrogen-bond donors (Lipinski definition) is 1. The summed E-state index contributed by atoms with van der Waals surface area (Å²) in [5.41, 5.74) is 0.895. The number of likely N-dealkylation sites (tertiary alicyclic amines) is 1. The van der Waals surface area contributed by atoms with Gasteiger partial charge in [0.2, 0.25) is 5.91 Å². The minimum Gasteiger partial charge on any atom is -0.353 e. The van der Waals surface area contributed by atoms with Gasteiger partial charge >= 0.3 is 12.2 Å². The number of piperazine rings is 1. The van der Waals surface area contributed by atoms with E-state index >= 15 is 0 Å². The number of nitrogens with zero attached hydrogens (tertiary/aromatic N) is 4. The first-order chi connectivity index (χ1) is 15.3. The molecule has 0 spiro atoms. The molecule has 1 N–H and O–H groups in total. The molecule has 3 amide bonds. The first-order valence-electron chi connectivity index (χ1n) is 10.5. The maximum absolute atomic E-state index is 12.7. The normalized spacial score (nSPS) is 17.1. The molecule has 0 atom stereocenters. The first-order valence-corrected chi connectivity index (χ1v) is 10.5. The molecule has 1 aromatic carbocycles. The zero-order chi connectivity index (χ0) is 22.7. The molecule has 32 heavy (non-hydrogen) atoms. The van der Waals surface area contributed by atoms with Gasteiger partial charge in [-0.2, -0.15) is 13.2 Å². The highest BCUT2D eigenvalue weighted by Crippen LogP contribution is 2.29. The molecule has 2 saturated heterocycles. The van der Waals surface area contributed by atoms with E-state index in [2.05, 4.69) is 10.3 Å². The molecule has 2 fully saturated rings. The highest BCUT2D eigenvalue weighted by Gasteiger charge is 2.31. The second-order valence-corrected chi connectivity index (χ2v) is 7.92. The lowest BCUT2D eigenvalue weighted by atomic mass is 10.2. The molecule has 7 nitrogen and oxygen atoms in total. The third-order valence-electron chi connectivity index (χ3n) is 5.72. The number of alkyl halides is 3. The van der Waals surface area contributed by atoms with Crippen LogP contribution in [0, 0.1) is 0 Å². The van der Waals surface area contributed by atoms with Crippen molar-refractivity contribution in [3.05, 3.63) is 53.7 Å². The lowest BCUT2D eigenvalue weighted by Crippen LogP contribution is -2.50. The van der Waals surface area contributed by atoms with E-state index in [0.717, 1.165) is 30.8 Å². The minimum atomic E-state index is -4.41. The van der Waals surface area contributed by atoms with Crippen LogP contribution in [0.4, 0.5) is 29.5 Å². The predicted molar refractivity (Wildman–Crippen MR) is 113 cm³/mol. The van der Waals surface area contributed by atoms with E-state index in [9.17, 15) is 22.8 Å². The molecular weight excluding hydrogens is 423 g/mol. The molecule has 10 heteroatoms. The number of halogens is 3. The van der Waals surface area contributed by atoms with Gasteiger partial charge in [-0.05, 0) is 36.2 Å². The zero-order valence-corrected chi connectivity index (χ0v) is 17.4. The van der Waals surface area contributed by atoms with Crippen LogP contribution in [-0.4, -0.2) is 59.4 Å². The number of aromatic nitrogens is 1. The Hall–Kier alpha value is -3.30. The van der Waals surface area contributed by atoms with E-state index in [4.69, 9.17) is 0 Å². The molecular formula is C22H24F3N5O2. The van der Waals surface area contributed by atoms with Crippen molar-refractivity contribution in [2.75, 3.05) is 42.9 Å². The van der Waals surface area contributed by atoms with Crippen LogP contribution in [0.1, 0.15) is 24.0 Å². The van der Waals surface area contributed by atoms with Crippen LogP contribution in [-0.2, 0) is 17.5 Å². The molecule has 0 aliphatic carbocycles. The number of amides is 3. The molecule has 2 aromatic rings. The fourth-order valence-electron chi connectivity index (χ4n) is 3.87. The quantitative estimate of drug-likeness (QED) is 0.778. The predicted octanol–water partition coefficient (Wildman–Crippen LogP) is 3.58.